The van der Waals surface area contributed by atoms with E-state index in [0.29, 0.717) is 46.6 Å². The van der Waals surface area contributed by atoms with Gasteiger partial charge in [-0.25, -0.2) is 4.98 Å². The lowest BCUT2D eigenvalue weighted by Crippen LogP contribution is -2.51. The molecule has 4 aromatic rings. The first-order chi connectivity index (χ1) is 18.0. The van der Waals surface area contributed by atoms with Crippen molar-refractivity contribution in [1.29, 1.82) is 5.26 Å². The highest BCUT2D eigenvalue weighted by molar-refractivity contribution is 6.31. The summed E-state index contributed by atoms with van der Waals surface area (Å²) in [5, 5.41) is 10.8. The Hall–Kier alpha value is -3.25. The maximum Gasteiger partial charge on any atom is 0.241 e. The molecule has 1 aliphatic rings. The van der Waals surface area contributed by atoms with Crippen LogP contribution in [0.3, 0.4) is 0 Å². The minimum atomic E-state index is -0.121. The second kappa shape index (κ2) is 13.7. The fourth-order valence-electron chi connectivity index (χ4n) is 4.48. The van der Waals surface area contributed by atoms with E-state index in [1.54, 1.807) is 59.9 Å². The van der Waals surface area contributed by atoms with E-state index in [2.05, 4.69) is 20.9 Å². The molecule has 0 saturated carbocycles. The summed E-state index contributed by atoms with van der Waals surface area (Å²) in [5.41, 5.74) is 3.11. The SMILES string of the molecule is Cl.Cl.N#Cc1ccc(CC(c2cnc[nH]2)N2CCN(c3cccc(Cl)c3)C(=O)C2)cc1Oc1ccc(Cl)cc1. The molecule has 7 nitrogen and oxygen atoms in total. The number of rotatable bonds is 7. The van der Waals surface area contributed by atoms with Crippen molar-refractivity contribution in [3.63, 3.8) is 0 Å². The Morgan fingerprint density at radius 3 is 2.49 bits per heavy atom. The molecule has 2 heterocycles. The third-order valence-corrected chi connectivity index (χ3v) is 6.81. The largest absolute Gasteiger partial charge is 0.456 e. The van der Waals surface area contributed by atoms with Gasteiger partial charge in [-0.1, -0.05) is 35.3 Å². The third-order valence-electron chi connectivity index (χ3n) is 6.33. The lowest BCUT2D eigenvalue weighted by molar-refractivity contribution is -0.122. The summed E-state index contributed by atoms with van der Waals surface area (Å²) in [4.78, 5) is 24.5. The maximum atomic E-state index is 13.2. The highest BCUT2D eigenvalue weighted by Crippen LogP contribution is 2.32. The number of ether oxygens (including phenoxy) is 1. The van der Waals surface area contributed by atoms with Crippen LogP contribution in [-0.4, -0.2) is 40.4 Å². The van der Waals surface area contributed by atoms with E-state index in [1.807, 2.05) is 24.3 Å². The van der Waals surface area contributed by atoms with Crippen LogP contribution >= 0.6 is 48.0 Å². The van der Waals surface area contributed by atoms with E-state index in [1.165, 1.54) is 0 Å². The van der Waals surface area contributed by atoms with Gasteiger partial charge in [0.05, 0.1) is 30.2 Å². The number of piperazine rings is 1. The van der Waals surface area contributed by atoms with Gasteiger partial charge < -0.3 is 14.6 Å². The monoisotopic (exact) mass is 603 g/mol. The number of carbonyl (C=O) groups excluding carboxylic acids is 1. The lowest BCUT2D eigenvalue weighted by Gasteiger charge is -2.38. The highest BCUT2D eigenvalue weighted by Gasteiger charge is 2.31. The topological polar surface area (TPSA) is 85.3 Å². The molecule has 1 aliphatic heterocycles. The predicted octanol–water partition coefficient (Wildman–Crippen LogP) is 6.86. The standard InChI is InChI=1S/C28H23Cl2N5O2.2ClH/c29-21-6-8-24(9-7-21)37-27-13-19(4-5-20(27)15-31)12-26(25-16-32-18-33-25)34-10-11-35(28(36)17-34)23-3-1-2-22(30)14-23;;/h1-9,13-14,16,18,26H,10-12,17H2,(H,32,33);2*1H. The minimum absolute atomic E-state index is 0. The van der Waals surface area contributed by atoms with Crippen LogP contribution in [0.5, 0.6) is 11.5 Å². The molecule has 0 spiro atoms. The number of aromatic amines is 1. The van der Waals surface area contributed by atoms with Crippen molar-refractivity contribution < 1.29 is 9.53 Å². The smallest absolute Gasteiger partial charge is 0.241 e. The number of halogens is 4. The van der Waals surface area contributed by atoms with Crippen LogP contribution in [-0.2, 0) is 11.2 Å². The molecule has 0 aliphatic carbocycles. The molecule has 1 fully saturated rings. The molecule has 1 amide bonds. The van der Waals surface area contributed by atoms with Crippen LogP contribution in [0.4, 0.5) is 5.69 Å². The molecule has 1 saturated heterocycles. The Balaban J connectivity index is 0.00000210. The summed E-state index contributed by atoms with van der Waals surface area (Å²) in [6.07, 6.45) is 4.02. The number of benzene rings is 3. The number of aromatic nitrogens is 2. The van der Waals surface area contributed by atoms with Crippen molar-refractivity contribution in [1.82, 2.24) is 14.9 Å². The summed E-state index contributed by atoms with van der Waals surface area (Å²) in [5.74, 6) is 1.06. The number of nitrogens with zero attached hydrogens (tertiary/aromatic N) is 4. The zero-order chi connectivity index (χ0) is 25.8. The summed E-state index contributed by atoms with van der Waals surface area (Å²) >= 11 is 12.1. The molecule has 0 radical (unpaired) electrons. The molecule has 39 heavy (non-hydrogen) atoms. The molecule has 202 valence electrons. The van der Waals surface area contributed by atoms with E-state index < -0.39 is 0 Å². The zero-order valence-corrected chi connectivity index (χ0v) is 23.7. The summed E-state index contributed by atoms with van der Waals surface area (Å²) in [6.45, 7) is 1.47. The molecule has 1 N–H and O–H groups in total. The van der Waals surface area contributed by atoms with Crippen molar-refractivity contribution in [3.8, 4) is 17.6 Å². The Morgan fingerprint density at radius 2 is 1.82 bits per heavy atom. The van der Waals surface area contributed by atoms with Gasteiger partial charge in [-0.05, 0) is 66.6 Å². The number of nitriles is 1. The molecule has 0 bridgehead atoms. The van der Waals surface area contributed by atoms with Crippen LogP contribution in [0.15, 0.2) is 79.3 Å². The van der Waals surface area contributed by atoms with Gasteiger partial charge in [0.2, 0.25) is 5.91 Å². The Morgan fingerprint density at radius 1 is 1.03 bits per heavy atom. The highest BCUT2D eigenvalue weighted by atomic mass is 35.5. The molecule has 1 atom stereocenters. The predicted molar refractivity (Wildman–Crippen MR) is 158 cm³/mol. The van der Waals surface area contributed by atoms with E-state index in [9.17, 15) is 10.1 Å². The van der Waals surface area contributed by atoms with Crippen molar-refractivity contribution >= 4 is 59.6 Å². The van der Waals surface area contributed by atoms with Gasteiger partial charge in [-0.3, -0.25) is 9.69 Å². The summed E-state index contributed by atoms with van der Waals surface area (Å²) in [7, 11) is 0. The molecule has 1 aromatic heterocycles. The number of carbonyl (C=O) groups is 1. The third kappa shape index (κ3) is 7.24. The van der Waals surface area contributed by atoms with Crippen LogP contribution in [0.25, 0.3) is 0 Å². The van der Waals surface area contributed by atoms with E-state index in [-0.39, 0.29) is 43.3 Å². The van der Waals surface area contributed by atoms with Crippen LogP contribution < -0.4 is 9.64 Å². The number of nitrogens with one attached hydrogen (secondary N) is 1. The normalized spacial score (nSPS) is 14.1. The number of hydrogen-bond acceptors (Lipinski definition) is 5. The van der Waals surface area contributed by atoms with Gasteiger partial charge in [0.15, 0.2) is 0 Å². The second-order valence-corrected chi connectivity index (χ2v) is 9.59. The first-order valence-corrected chi connectivity index (χ1v) is 12.5. The Labute approximate surface area is 249 Å². The van der Waals surface area contributed by atoms with Gasteiger partial charge in [-0.2, -0.15) is 5.26 Å². The number of imidazole rings is 1. The first kappa shape index (κ1) is 30.3. The summed E-state index contributed by atoms with van der Waals surface area (Å²) in [6, 6.07) is 22.0. The molecule has 5 rings (SSSR count). The molecular weight excluding hydrogens is 580 g/mol. The number of H-pyrrole nitrogens is 1. The van der Waals surface area contributed by atoms with E-state index >= 15 is 0 Å². The number of anilines is 1. The average molecular weight is 605 g/mol. The quantitative estimate of drug-likeness (QED) is 0.249. The van der Waals surface area contributed by atoms with Gasteiger partial charge in [-0.15, -0.1) is 24.8 Å². The Kier molecular flexibility index (Phi) is 10.6. The van der Waals surface area contributed by atoms with Crippen molar-refractivity contribution in [2.75, 3.05) is 24.5 Å². The van der Waals surface area contributed by atoms with Crippen molar-refractivity contribution in [2.24, 2.45) is 0 Å². The average Bonchev–Trinajstić information content (AvgIpc) is 3.43. The zero-order valence-electron chi connectivity index (χ0n) is 20.6. The lowest BCUT2D eigenvalue weighted by atomic mass is 9.99. The fourth-order valence-corrected chi connectivity index (χ4v) is 4.79. The van der Waals surface area contributed by atoms with Crippen LogP contribution in [0.1, 0.15) is 22.9 Å². The molecule has 1 unspecified atom stereocenters. The van der Waals surface area contributed by atoms with Gasteiger partial charge in [0.1, 0.15) is 17.6 Å². The van der Waals surface area contributed by atoms with E-state index in [4.69, 9.17) is 27.9 Å². The maximum absolute atomic E-state index is 13.2. The first-order valence-electron chi connectivity index (χ1n) is 11.7. The molecule has 11 heteroatoms. The van der Waals surface area contributed by atoms with Crippen molar-refractivity contribution in [3.05, 3.63) is 106 Å². The second-order valence-electron chi connectivity index (χ2n) is 8.72. The number of amides is 1. The van der Waals surface area contributed by atoms with Gasteiger partial charge in [0, 0.05) is 35.0 Å². The van der Waals surface area contributed by atoms with Crippen LogP contribution in [0, 0.1) is 11.3 Å². The van der Waals surface area contributed by atoms with Crippen LogP contribution in [0.2, 0.25) is 10.0 Å². The van der Waals surface area contributed by atoms with E-state index in [0.717, 1.165) is 16.9 Å². The van der Waals surface area contributed by atoms with Gasteiger partial charge >= 0.3 is 0 Å². The Bertz CT molecular complexity index is 1440. The molecule has 3 aromatic carbocycles. The fraction of sp³-hybridized carbons (Fsp3) is 0.179. The van der Waals surface area contributed by atoms with Crippen molar-refractivity contribution in [2.45, 2.75) is 12.5 Å². The summed E-state index contributed by atoms with van der Waals surface area (Å²) < 4.78 is 6.02. The molecular formula is C28H25Cl4N5O2. The number of hydrogen-bond donors (Lipinski definition) is 1. The minimum Gasteiger partial charge on any atom is -0.456 e. The van der Waals surface area contributed by atoms with Gasteiger partial charge in [0.25, 0.3) is 0 Å².